The summed E-state index contributed by atoms with van der Waals surface area (Å²) in [5, 5.41) is 9.65. The van der Waals surface area contributed by atoms with Crippen LogP contribution < -0.4 is 0 Å². The third-order valence-electron chi connectivity index (χ3n) is 4.08. The molecule has 112 valence electrons. The van der Waals surface area contributed by atoms with Crippen LogP contribution in [0.2, 0.25) is 0 Å². The molecule has 2 N–H and O–H groups in total. The molecule has 0 radical (unpaired) electrons. The van der Waals surface area contributed by atoms with Gasteiger partial charge >= 0.3 is 6.09 Å². The monoisotopic (exact) mass is 503 g/mol. The molecule has 1 aromatic rings. The van der Waals surface area contributed by atoms with E-state index in [1.807, 2.05) is 0 Å². The Labute approximate surface area is 146 Å². The largest absolute Gasteiger partial charge is 0.465 e. The molecule has 1 saturated heterocycles. The van der Waals surface area contributed by atoms with Crippen LogP contribution in [0.4, 0.5) is 4.79 Å². The van der Waals surface area contributed by atoms with Gasteiger partial charge in [0, 0.05) is 6.54 Å². The summed E-state index contributed by atoms with van der Waals surface area (Å²) in [5.74, 6) is 1.09. The van der Waals surface area contributed by atoms with Gasteiger partial charge in [-0.05, 0) is 62.9 Å². The summed E-state index contributed by atoms with van der Waals surface area (Å²) >= 11 is 4.38. The van der Waals surface area contributed by atoms with Crippen LogP contribution in [0.25, 0.3) is 0 Å². The highest BCUT2D eigenvalue weighted by atomic mass is 127. The summed E-state index contributed by atoms with van der Waals surface area (Å²) < 4.78 is 1.86. The molecule has 0 bridgehead atoms. The zero-order chi connectivity index (χ0) is 15.3. The number of hydrogen-bond acceptors (Lipinski definition) is 2. The van der Waals surface area contributed by atoms with Gasteiger partial charge in [0.25, 0.3) is 0 Å². The standard InChI is InChI=1S/C13H19I2N3O2/c1-7-5-13(12(2,3)4,18(6-7)11(19)20)10-16-8(14)9(15)17-10/h7H,5-6H2,1-4H3,(H,16,17)(H,19,20)/t7-,13-/m1/s1. The number of rotatable bonds is 1. The number of carboxylic acid groups (broad SMARTS) is 1. The minimum absolute atomic E-state index is 0.236. The molecule has 5 nitrogen and oxygen atoms in total. The van der Waals surface area contributed by atoms with Crippen molar-refractivity contribution in [1.29, 1.82) is 0 Å². The van der Waals surface area contributed by atoms with Gasteiger partial charge in [-0.25, -0.2) is 9.78 Å². The first kappa shape index (κ1) is 16.3. The van der Waals surface area contributed by atoms with Crippen molar-refractivity contribution in [2.45, 2.75) is 39.7 Å². The average molecular weight is 503 g/mol. The molecule has 0 saturated carbocycles. The lowest BCUT2D eigenvalue weighted by molar-refractivity contribution is 0.0214. The van der Waals surface area contributed by atoms with E-state index >= 15 is 0 Å². The van der Waals surface area contributed by atoms with Crippen LogP contribution in [0.3, 0.4) is 0 Å². The third kappa shape index (κ3) is 2.44. The number of hydrogen-bond donors (Lipinski definition) is 2. The Hall–Kier alpha value is -0.0600. The van der Waals surface area contributed by atoms with Crippen molar-refractivity contribution < 1.29 is 9.90 Å². The highest BCUT2D eigenvalue weighted by molar-refractivity contribution is 14.1. The topological polar surface area (TPSA) is 69.2 Å². The molecule has 1 aliphatic rings. The van der Waals surface area contributed by atoms with E-state index in [1.54, 1.807) is 4.90 Å². The molecule has 1 aromatic heterocycles. The van der Waals surface area contributed by atoms with Crippen LogP contribution >= 0.6 is 45.2 Å². The number of imidazole rings is 1. The number of H-pyrrole nitrogens is 1. The van der Waals surface area contributed by atoms with Gasteiger partial charge in [-0.2, -0.15) is 0 Å². The summed E-state index contributed by atoms with van der Waals surface area (Å²) in [6, 6.07) is 0. The number of nitrogens with one attached hydrogen (secondary N) is 1. The van der Waals surface area contributed by atoms with Gasteiger partial charge in [0.2, 0.25) is 0 Å². The van der Waals surface area contributed by atoms with E-state index < -0.39 is 11.6 Å². The first-order valence-corrected chi connectivity index (χ1v) is 8.67. The van der Waals surface area contributed by atoms with Crippen LogP contribution in [-0.2, 0) is 5.54 Å². The van der Waals surface area contributed by atoms with Crippen molar-refractivity contribution >= 4 is 51.3 Å². The van der Waals surface area contributed by atoms with Crippen molar-refractivity contribution in [3.8, 4) is 0 Å². The van der Waals surface area contributed by atoms with Crippen LogP contribution in [0, 0.1) is 18.7 Å². The summed E-state index contributed by atoms with van der Waals surface area (Å²) in [5.41, 5.74) is -0.832. The summed E-state index contributed by atoms with van der Waals surface area (Å²) in [7, 11) is 0. The molecule has 0 aliphatic carbocycles. The lowest BCUT2D eigenvalue weighted by Crippen LogP contribution is -2.53. The molecule has 0 unspecified atom stereocenters. The van der Waals surface area contributed by atoms with Gasteiger partial charge in [-0.3, -0.25) is 4.90 Å². The highest BCUT2D eigenvalue weighted by Crippen LogP contribution is 2.52. The zero-order valence-electron chi connectivity index (χ0n) is 12.0. The summed E-state index contributed by atoms with van der Waals surface area (Å²) in [6.45, 7) is 8.92. The maximum absolute atomic E-state index is 11.8. The Morgan fingerprint density at radius 3 is 2.50 bits per heavy atom. The smallest absolute Gasteiger partial charge is 0.408 e. The highest BCUT2D eigenvalue weighted by Gasteiger charge is 2.57. The second kappa shape index (κ2) is 5.29. The van der Waals surface area contributed by atoms with Gasteiger partial charge in [0.05, 0.1) is 0 Å². The maximum atomic E-state index is 11.8. The van der Waals surface area contributed by atoms with Gasteiger partial charge in [0.1, 0.15) is 18.8 Å². The van der Waals surface area contributed by atoms with E-state index in [9.17, 15) is 9.90 Å². The fourth-order valence-corrected chi connectivity index (χ4v) is 3.96. The van der Waals surface area contributed by atoms with Crippen LogP contribution in [0.1, 0.15) is 39.9 Å². The predicted octanol–water partition coefficient (Wildman–Crippen LogP) is 3.88. The molecule has 0 aromatic carbocycles. The summed E-state index contributed by atoms with van der Waals surface area (Å²) in [4.78, 5) is 21.2. The van der Waals surface area contributed by atoms with Crippen molar-refractivity contribution in [3.05, 3.63) is 13.2 Å². The van der Waals surface area contributed by atoms with Crippen molar-refractivity contribution in [2.75, 3.05) is 6.54 Å². The van der Waals surface area contributed by atoms with Crippen molar-refractivity contribution in [3.63, 3.8) is 0 Å². The second-order valence-electron chi connectivity index (χ2n) is 6.50. The van der Waals surface area contributed by atoms with E-state index in [0.29, 0.717) is 12.5 Å². The normalized spacial score (nSPS) is 27.1. The molecule has 1 aliphatic heterocycles. The van der Waals surface area contributed by atoms with Gasteiger partial charge in [-0.1, -0.05) is 27.7 Å². The first-order chi connectivity index (χ1) is 9.09. The first-order valence-electron chi connectivity index (χ1n) is 6.51. The van der Waals surface area contributed by atoms with E-state index in [1.165, 1.54) is 0 Å². The van der Waals surface area contributed by atoms with E-state index in [4.69, 9.17) is 0 Å². The van der Waals surface area contributed by atoms with Gasteiger partial charge in [-0.15, -0.1) is 0 Å². The van der Waals surface area contributed by atoms with Gasteiger partial charge in [0.15, 0.2) is 0 Å². The Bertz CT molecular complexity index is 519. The van der Waals surface area contributed by atoms with Crippen LogP contribution in [0.5, 0.6) is 0 Å². The van der Waals surface area contributed by atoms with E-state index in [2.05, 4.69) is 82.8 Å². The third-order valence-corrected chi connectivity index (χ3v) is 6.67. The molecular weight excluding hydrogens is 484 g/mol. The van der Waals surface area contributed by atoms with Crippen LogP contribution in [0.15, 0.2) is 0 Å². The number of halogens is 2. The summed E-state index contributed by atoms with van der Waals surface area (Å²) in [6.07, 6.45) is -0.0756. The molecule has 7 heteroatoms. The van der Waals surface area contributed by atoms with Crippen LogP contribution in [-0.4, -0.2) is 32.6 Å². The predicted molar refractivity (Wildman–Crippen MR) is 93.7 cm³/mol. The zero-order valence-corrected chi connectivity index (χ0v) is 16.3. The molecular formula is C13H19I2N3O2. The minimum Gasteiger partial charge on any atom is -0.465 e. The average Bonchev–Trinajstić information content (AvgIpc) is 2.80. The molecule has 0 spiro atoms. The molecule has 2 rings (SSSR count). The van der Waals surface area contributed by atoms with Crippen molar-refractivity contribution in [1.82, 2.24) is 14.9 Å². The number of carbonyl (C=O) groups is 1. The minimum atomic E-state index is -0.870. The Morgan fingerprint density at radius 2 is 2.10 bits per heavy atom. The van der Waals surface area contributed by atoms with E-state index in [-0.39, 0.29) is 5.41 Å². The molecule has 1 amide bonds. The Morgan fingerprint density at radius 1 is 1.50 bits per heavy atom. The van der Waals surface area contributed by atoms with E-state index in [0.717, 1.165) is 19.6 Å². The molecule has 20 heavy (non-hydrogen) atoms. The quantitative estimate of drug-likeness (QED) is 0.572. The number of aromatic nitrogens is 2. The molecule has 2 atom stereocenters. The van der Waals surface area contributed by atoms with Crippen molar-refractivity contribution in [2.24, 2.45) is 11.3 Å². The molecule has 1 fully saturated rings. The second-order valence-corrected chi connectivity index (χ2v) is 8.60. The lowest BCUT2D eigenvalue weighted by Gasteiger charge is -2.45. The SMILES string of the molecule is C[C@H]1CN(C(=O)O)[C@](c2nc(I)c(I)[nH]2)(C(C)(C)C)C1. The Balaban J connectivity index is 2.65. The van der Waals surface area contributed by atoms with Gasteiger partial charge < -0.3 is 10.1 Å². The fourth-order valence-electron chi connectivity index (χ4n) is 3.21. The fraction of sp³-hybridized carbons (Fsp3) is 0.692. The lowest BCUT2D eigenvalue weighted by atomic mass is 9.70. The maximum Gasteiger partial charge on any atom is 0.408 e. The number of likely N-dealkylation sites (tertiary alicyclic amines) is 1. The number of nitrogens with zero attached hydrogens (tertiary/aromatic N) is 2. The number of aromatic amines is 1. The Kier molecular flexibility index (Phi) is 4.32. The number of amides is 1. The molecule has 2 heterocycles.